The normalized spacial score (nSPS) is 18.6. The fourth-order valence-electron chi connectivity index (χ4n) is 3.39. The Bertz CT molecular complexity index is 526. The Morgan fingerprint density at radius 1 is 0.818 bits per heavy atom. The lowest BCUT2D eigenvalue weighted by molar-refractivity contribution is 0.149. The zero-order chi connectivity index (χ0) is 14.3. The quantitative estimate of drug-likeness (QED) is 0.733. The van der Waals surface area contributed by atoms with Crippen LogP contribution >= 0.6 is 17.0 Å². The predicted molar refractivity (Wildman–Crippen MR) is 99.8 cm³/mol. The average molecular weight is 360 g/mol. The summed E-state index contributed by atoms with van der Waals surface area (Å²) in [5, 5.41) is 0. The third-order valence-electron chi connectivity index (χ3n) is 4.59. The van der Waals surface area contributed by atoms with E-state index in [1.165, 1.54) is 56.3 Å². The van der Waals surface area contributed by atoms with Gasteiger partial charge < -0.3 is 0 Å². The van der Waals surface area contributed by atoms with Crippen LogP contribution < -0.4 is 0 Å². The van der Waals surface area contributed by atoms with E-state index in [1.54, 1.807) is 0 Å². The number of benzene rings is 2. The van der Waals surface area contributed by atoms with E-state index in [2.05, 4.69) is 65.6 Å². The van der Waals surface area contributed by atoms with Gasteiger partial charge in [-0.3, -0.25) is 4.90 Å². The van der Waals surface area contributed by atoms with Gasteiger partial charge in [0.15, 0.2) is 0 Å². The van der Waals surface area contributed by atoms with E-state index in [0.29, 0.717) is 0 Å². The fourth-order valence-corrected chi connectivity index (χ4v) is 3.39. The predicted octanol–water partition coefficient (Wildman–Crippen LogP) is 4.90. The molecule has 0 aromatic heterocycles. The highest BCUT2D eigenvalue weighted by molar-refractivity contribution is 8.93. The molecule has 3 rings (SSSR count). The van der Waals surface area contributed by atoms with Crippen molar-refractivity contribution in [3.63, 3.8) is 0 Å². The Labute approximate surface area is 145 Å². The molecule has 2 heteroatoms. The van der Waals surface area contributed by atoms with Crippen molar-refractivity contribution in [2.75, 3.05) is 13.1 Å². The van der Waals surface area contributed by atoms with Crippen LogP contribution in [0.25, 0.3) is 0 Å². The molecule has 0 radical (unpaired) electrons. The lowest BCUT2D eigenvalue weighted by Crippen LogP contribution is -2.42. The molecule has 118 valence electrons. The van der Waals surface area contributed by atoms with Crippen LogP contribution in [-0.2, 0) is 12.8 Å². The van der Waals surface area contributed by atoms with Crippen LogP contribution in [0, 0.1) is 0 Å². The van der Waals surface area contributed by atoms with E-state index in [9.17, 15) is 0 Å². The monoisotopic (exact) mass is 359 g/mol. The summed E-state index contributed by atoms with van der Waals surface area (Å²) in [6.07, 6.45) is 6.48. The minimum Gasteiger partial charge on any atom is -0.300 e. The summed E-state index contributed by atoms with van der Waals surface area (Å²) < 4.78 is 0. The number of hydrogen-bond acceptors (Lipinski definition) is 1. The molecule has 0 bridgehead atoms. The van der Waals surface area contributed by atoms with Crippen molar-refractivity contribution in [1.82, 2.24) is 4.90 Å². The molecule has 1 nitrogen and oxygen atoms in total. The van der Waals surface area contributed by atoms with Crippen molar-refractivity contribution in [3.8, 4) is 0 Å². The molecular formula is C20H26BrN. The topological polar surface area (TPSA) is 3.24 Å². The molecule has 1 atom stereocenters. The van der Waals surface area contributed by atoms with Gasteiger partial charge in [-0.2, -0.15) is 0 Å². The zero-order valence-electron chi connectivity index (χ0n) is 13.2. The number of nitrogens with zero attached hydrogens (tertiary/aromatic N) is 1. The molecule has 1 heterocycles. The Morgan fingerprint density at radius 2 is 1.45 bits per heavy atom. The molecule has 1 saturated heterocycles. The van der Waals surface area contributed by atoms with Gasteiger partial charge in [-0.1, -0.05) is 67.1 Å². The number of rotatable bonds is 5. The van der Waals surface area contributed by atoms with E-state index in [-0.39, 0.29) is 17.0 Å². The van der Waals surface area contributed by atoms with Crippen molar-refractivity contribution in [2.24, 2.45) is 0 Å². The molecule has 1 unspecified atom stereocenters. The first-order valence-corrected chi connectivity index (χ1v) is 8.24. The van der Waals surface area contributed by atoms with E-state index in [0.717, 1.165) is 6.04 Å². The van der Waals surface area contributed by atoms with Crippen LogP contribution in [0.15, 0.2) is 60.7 Å². The van der Waals surface area contributed by atoms with Gasteiger partial charge in [-0.05, 0) is 43.4 Å². The van der Waals surface area contributed by atoms with Crippen molar-refractivity contribution < 1.29 is 0 Å². The average Bonchev–Trinajstić information content (AvgIpc) is 2.56. The van der Waals surface area contributed by atoms with Crippen molar-refractivity contribution in [2.45, 2.75) is 38.1 Å². The van der Waals surface area contributed by atoms with Gasteiger partial charge in [-0.15, -0.1) is 17.0 Å². The number of piperidine rings is 1. The van der Waals surface area contributed by atoms with Gasteiger partial charge in [0.2, 0.25) is 0 Å². The maximum Gasteiger partial charge on any atom is 0.0136 e. The maximum absolute atomic E-state index is 2.71. The van der Waals surface area contributed by atoms with Crippen molar-refractivity contribution >= 4 is 17.0 Å². The van der Waals surface area contributed by atoms with E-state index >= 15 is 0 Å². The number of likely N-dealkylation sites (tertiary alicyclic amines) is 1. The summed E-state index contributed by atoms with van der Waals surface area (Å²) in [7, 11) is 0. The summed E-state index contributed by atoms with van der Waals surface area (Å²) in [5.74, 6) is 0. The number of hydrogen-bond donors (Lipinski definition) is 0. The fraction of sp³-hybridized carbons (Fsp3) is 0.400. The lowest BCUT2D eigenvalue weighted by Gasteiger charge is -2.36. The molecule has 0 saturated carbocycles. The molecular weight excluding hydrogens is 334 g/mol. The first-order chi connectivity index (χ1) is 10.4. The Balaban J connectivity index is 0.00000176. The molecule has 0 spiro atoms. The Hall–Kier alpha value is -1.12. The summed E-state index contributed by atoms with van der Waals surface area (Å²) in [5.41, 5.74) is 2.94. The van der Waals surface area contributed by atoms with Gasteiger partial charge in [-0.25, -0.2) is 0 Å². The summed E-state index contributed by atoms with van der Waals surface area (Å²) in [4.78, 5) is 2.71. The molecule has 0 aliphatic carbocycles. The van der Waals surface area contributed by atoms with Gasteiger partial charge in [0.05, 0.1) is 0 Å². The van der Waals surface area contributed by atoms with Gasteiger partial charge in [0, 0.05) is 12.6 Å². The molecule has 22 heavy (non-hydrogen) atoms. The summed E-state index contributed by atoms with van der Waals surface area (Å²) in [6.45, 7) is 2.46. The zero-order valence-corrected chi connectivity index (χ0v) is 14.9. The van der Waals surface area contributed by atoms with Crippen LogP contribution in [0.3, 0.4) is 0 Å². The minimum atomic E-state index is 0. The Morgan fingerprint density at radius 3 is 2.14 bits per heavy atom. The van der Waals surface area contributed by atoms with Crippen molar-refractivity contribution in [1.29, 1.82) is 0 Å². The van der Waals surface area contributed by atoms with E-state index in [4.69, 9.17) is 0 Å². The van der Waals surface area contributed by atoms with Crippen LogP contribution in [-0.4, -0.2) is 24.0 Å². The largest absolute Gasteiger partial charge is 0.300 e. The third-order valence-corrected chi connectivity index (χ3v) is 4.59. The highest BCUT2D eigenvalue weighted by atomic mass is 79.9. The van der Waals surface area contributed by atoms with Gasteiger partial charge in [0.25, 0.3) is 0 Å². The van der Waals surface area contributed by atoms with Crippen LogP contribution in [0.5, 0.6) is 0 Å². The second-order valence-corrected chi connectivity index (χ2v) is 6.11. The molecule has 1 aliphatic heterocycles. The van der Waals surface area contributed by atoms with Crippen molar-refractivity contribution in [3.05, 3.63) is 71.8 Å². The SMILES string of the molecule is Br.c1ccc(CCN2CCCCC2Cc2ccccc2)cc1. The molecule has 1 aliphatic rings. The smallest absolute Gasteiger partial charge is 0.0136 e. The minimum absolute atomic E-state index is 0. The summed E-state index contributed by atoms with van der Waals surface area (Å²) >= 11 is 0. The lowest BCUT2D eigenvalue weighted by atomic mass is 9.95. The van der Waals surface area contributed by atoms with Crippen LogP contribution in [0.1, 0.15) is 30.4 Å². The maximum atomic E-state index is 2.71. The van der Waals surface area contributed by atoms with Crippen LogP contribution in [0.2, 0.25) is 0 Å². The van der Waals surface area contributed by atoms with Gasteiger partial charge >= 0.3 is 0 Å². The van der Waals surface area contributed by atoms with E-state index in [1.807, 2.05) is 0 Å². The first kappa shape index (κ1) is 17.2. The first-order valence-electron chi connectivity index (χ1n) is 8.24. The van der Waals surface area contributed by atoms with Crippen LogP contribution in [0.4, 0.5) is 0 Å². The third kappa shape index (κ3) is 4.96. The Kier molecular flexibility index (Phi) is 7.14. The molecule has 0 N–H and O–H groups in total. The highest BCUT2D eigenvalue weighted by Gasteiger charge is 2.22. The summed E-state index contributed by atoms with van der Waals surface area (Å²) in [6, 6.07) is 22.6. The molecule has 1 fully saturated rings. The highest BCUT2D eigenvalue weighted by Crippen LogP contribution is 2.21. The molecule has 0 amide bonds. The molecule has 2 aromatic rings. The van der Waals surface area contributed by atoms with E-state index < -0.39 is 0 Å². The number of halogens is 1. The second-order valence-electron chi connectivity index (χ2n) is 6.11. The second kappa shape index (κ2) is 9.12. The standard InChI is InChI=1S/C20H25N.BrH/c1-3-9-18(10-4-1)14-16-21-15-8-7-13-20(21)17-19-11-5-2-6-12-19;/h1-6,9-12,20H,7-8,13-17H2;1H. The van der Waals surface area contributed by atoms with Gasteiger partial charge in [0.1, 0.15) is 0 Å². The molecule has 2 aromatic carbocycles.